The molecule has 0 saturated carbocycles. The number of amides is 1. The van der Waals surface area contributed by atoms with Gasteiger partial charge in [0.1, 0.15) is 18.0 Å². The van der Waals surface area contributed by atoms with E-state index in [-0.39, 0.29) is 0 Å². The standard InChI is InChI=1S/C20H37N7O2/c1-7-20(8-2,24-18(28)29-19(4,5)6)14-23-17(21-9-3)22-13-16-26-25-15-11-10-12-27(15)16/h7-14H2,1-6H3,(H,24,28)(H2,21,22,23). The minimum Gasteiger partial charge on any atom is -0.444 e. The fraction of sp³-hybridized carbons (Fsp3) is 0.800. The third-order valence-corrected chi connectivity index (χ3v) is 5.12. The molecule has 0 atom stereocenters. The normalized spacial score (nSPS) is 14.5. The molecule has 0 saturated heterocycles. The number of carbonyl (C=O) groups excluding carboxylic acids is 1. The minimum atomic E-state index is -0.528. The number of aryl methyl sites for hydroxylation is 1. The molecule has 2 heterocycles. The third-order valence-electron chi connectivity index (χ3n) is 5.12. The molecule has 0 aromatic carbocycles. The summed E-state index contributed by atoms with van der Waals surface area (Å²) in [6, 6.07) is 0. The van der Waals surface area contributed by atoms with Crippen molar-refractivity contribution < 1.29 is 9.53 Å². The summed E-state index contributed by atoms with van der Waals surface area (Å²) in [5.41, 5.74) is -0.950. The highest BCUT2D eigenvalue weighted by Crippen LogP contribution is 2.17. The number of carbonyl (C=O) groups is 1. The van der Waals surface area contributed by atoms with Gasteiger partial charge in [-0.1, -0.05) is 13.8 Å². The summed E-state index contributed by atoms with van der Waals surface area (Å²) in [4.78, 5) is 17.0. The zero-order valence-corrected chi connectivity index (χ0v) is 18.8. The number of nitrogens with one attached hydrogen (secondary N) is 3. The van der Waals surface area contributed by atoms with Crippen LogP contribution < -0.4 is 16.0 Å². The highest BCUT2D eigenvalue weighted by Gasteiger charge is 2.30. The predicted molar refractivity (Wildman–Crippen MR) is 114 cm³/mol. The van der Waals surface area contributed by atoms with Crippen molar-refractivity contribution in [3.05, 3.63) is 11.6 Å². The third kappa shape index (κ3) is 6.61. The Morgan fingerprint density at radius 3 is 2.52 bits per heavy atom. The van der Waals surface area contributed by atoms with Crippen molar-refractivity contribution in [3.8, 4) is 0 Å². The van der Waals surface area contributed by atoms with Gasteiger partial charge in [-0.05, 0) is 47.0 Å². The lowest BCUT2D eigenvalue weighted by atomic mass is 9.93. The van der Waals surface area contributed by atoms with Crippen LogP contribution in [0.3, 0.4) is 0 Å². The molecule has 9 nitrogen and oxygen atoms in total. The predicted octanol–water partition coefficient (Wildman–Crippen LogP) is 2.36. The zero-order valence-electron chi connectivity index (χ0n) is 18.8. The van der Waals surface area contributed by atoms with Crippen LogP contribution in [0, 0.1) is 0 Å². The second-order valence-electron chi connectivity index (χ2n) is 8.45. The molecule has 2 rings (SSSR count). The van der Waals surface area contributed by atoms with E-state index in [0.29, 0.717) is 19.0 Å². The summed E-state index contributed by atoms with van der Waals surface area (Å²) in [6.07, 6.45) is 3.25. The molecule has 3 N–H and O–H groups in total. The largest absolute Gasteiger partial charge is 0.444 e. The van der Waals surface area contributed by atoms with Crippen molar-refractivity contribution in [2.24, 2.45) is 4.99 Å². The van der Waals surface area contributed by atoms with Gasteiger partial charge in [-0.15, -0.1) is 10.2 Å². The fourth-order valence-corrected chi connectivity index (χ4v) is 3.31. The Morgan fingerprint density at radius 2 is 1.90 bits per heavy atom. The van der Waals surface area contributed by atoms with Crippen LogP contribution in [0.4, 0.5) is 4.79 Å². The van der Waals surface area contributed by atoms with Gasteiger partial charge >= 0.3 is 6.09 Å². The van der Waals surface area contributed by atoms with Gasteiger partial charge in [-0.25, -0.2) is 9.79 Å². The molecule has 0 radical (unpaired) electrons. The summed E-state index contributed by atoms with van der Waals surface area (Å²) in [5, 5.41) is 18.2. The first-order valence-electron chi connectivity index (χ1n) is 10.7. The Labute approximate surface area is 174 Å². The maximum absolute atomic E-state index is 12.3. The summed E-state index contributed by atoms with van der Waals surface area (Å²) >= 11 is 0. The molecule has 29 heavy (non-hydrogen) atoms. The number of ether oxygens (including phenoxy) is 1. The Balaban J connectivity index is 2.02. The molecule has 1 aromatic rings. The number of aromatic nitrogens is 3. The lowest BCUT2D eigenvalue weighted by Crippen LogP contribution is -2.57. The minimum absolute atomic E-state index is 0.399. The number of rotatable bonds is 8. The second kappa shape index (κ2) is 9.93. The van der Waals surface area contributed by atoms with E-state index in [0.717, 1.165) is 50.4 Å². The number of hydrogen-bond acceptors (Lipinski definition) is 5. The SMILES string of the molecule is CCNC(=NCc1nnc2n1CCC2)NCC(CC)(CC)NC(=O)OC(C)(C)C. The van der Waals surface area contributed by atoms with Crippen LogP contribution in [0.15, 0.2) is 4.99 Å². The molecule has 1 aromatic heterocycles. The van der Waals surface area contributed by atoms with Crippen molar-refractivity contribution in [2.75, 3.05) is 13.1 Å². The average Bonchev–Trinajstić information content (AvgIpc) is 3.25. The number of nitrogens with zero attached hydrogens (tertiary/aromatic N) is 4. The first-order valence-corrected chi connectivity index (χ1v) is 10.7. The number of fused-ring (bicyclic) bond motifs is 1. The molecule has 0 aliphatic carbocycles. The van der Waals surface area contributed by atoms with E-state index in [9.17, 15) is 4.79 Å². The Bertz CT molecular complexity index is 702. The van der Waals surface area contributed by atoms with Crippen LogP contribution in [0.25, 0.3) is 0 Å². The Kier molecular flexibility index (Phi) is 7.87. The lowest BCUT2D eigenvalue weighted by Gasteiger charge is -2.34. The van der Waals surface area contributed by atoms with Crippen LogP contribution in [-0.4, -0.2) is 51.0 Å². The average molecular weight is 408 g/mol. The summed E-state index contributed by atoms with van der Waals surface area (Å²) in [7, 11) is 0. The van der Waals surface area contributed by atoms with Crippen molar-refractivity contribution in [3.63, 3.8) is 0 Å². The number of aliphatic imine (C=N–C) groups is 1. The smallest absolute Gasteiger partial charge is 0.408 e. The number of hydrogen-bond donors (Lipinski definition) is 3. The van der Waals surface area contributed by atoms with E-state index < -0.39 is 17.2 Å². The zero-order chi connectivity index (χ0) is 21.5. The first kappa shape index (κ1) is 23.0. The molecule has 1 aliphatic heterocycles. The van der Waals surface area contributed by atoms with Crippen molar-refractivity contribution >= 4 is 12.1 Å². The quantitative estimate of drug-likeness (QED) is 0.451. The molecule has 164 valence electrons. The van der Waals surface area contributed by atoms with Gasteiger partial charge in [0.25, 0.3) is 0 Å². The van der Waals surface area contributed by atoms with Crippen molar-refractivity contribution in [1.29, 1.82) is 0 Å². The van der Waals surface area contributed by atoms with Gasteiger partial charge < -0.3 is 25.3 Å². The van der Waals surface area contributed by atoms with Gasteiger partial charge in [-0.3, -0.25) is 0 Å². The van der Waals surface area contributed by atoms with E-state index in [4.69, 9.17) is 4.74 Å². The van der Waals surface area contributed by atoms with Crippen molar-refractivity contribution in [1.82, 2.24) is 30.7 Å². The van der Waals surface area contributed by atoms with Gasteiger partial charge in [0.15, 0.2) is 11.8 Å². The highest BCUT2D eigenvalue weighted by atomic mass is 16.6. The monoisotopic (exact) mass is 407 g/mol. The van der Waals surface area contributed by atoms with E-state index >= 15 is 0 Å². The van der Waals surface area contributed by atoms with Gasteiger partial charge in [-0.2, -0.15) is 0 Å². The maximum Gasteiger partial charge on any atom is 0.408 e. The molecule has 1 amide bonds. The molecule has 9 heteroatoms. The summed E-state index contributed by atoms with van der Waals surface area (Å²) in [6.45, 7) is 14.5. The molecule has 1 aliphatic rings. The molecule has 0 fully saturated rings. The molecular formula is C20H37N7O2. The van der Waals surface area contributed by atoms with E-state index in [1.54, 1.807) is 0 Å². The Morgan fingerprint density at radius 1 is 1.17 bits per heavy atom. The van der Waals surface area contributed by atoms with Crippen LogP contribution in [-0.2, 0) is 24.2 Å². The van der Waals surface area contributed by atoms with E-state index in [2.05, 4.69) is 49.6 Å². The van der Waals surface area contributed by atoms with E-state index in [1.165, 1.54) is 0 Å². The molecular weight excluding hydrogens is 370 g/mol. The van der Waals surface area contributed by atoms with Crippen LogP contribution in [0.1, 0.15) is 72.5 Å². The fourth-order valence-electron chi connectivity index (χ4n) is 3.31. The maximum atomic E-state index is 12.3. The van der Waals surface area contributed by atoms with Gasteiger partial charge in [0.2, 0.25) is 0 Å². The molecule has 0 unspecified atom stereocenters. The summed E-state index contributed by atoms with van der Waals surface area (Å²) in [5.74, 6) is 2.63. The molecule has 0 spiro atoms. The van der Waals surface area contributed by atoms with E-state index in [1.807, 2.05) is 27.7 Å². The number of guanidine groups is 1. The van der Waals surface area contributed by atoms with Crippen LogP contribution in [0.5, 0.6) is 0 Å². The van der Waals surface area contributed by atoms with Crippen molar-refractivity contribution in [2.45, 2.75) is 91.5 Å². The Hall–Kier alpha value is -2.32. The highest BCUT2D eigenvalue weighted by molar-refractivity contribution is 5.80. The topological polar surface area (TPSA) is 105 Å². The van der Waals surface area contributed by atoms with Gasteiger partial charge in [0, 0.05) is 26.1 Å². The number of alkyl carbamates (subject to hydrolysis) is 1. The van der Waals surface area contributed by atoms with Crippen LogP contribution >= 0.6 is 0 Å². The lowest BCUT2D eigenvalue weighted by molar-refractivity contribution is 0.0448. The van der Waals surface area contributed by atoms with Crippen LogP contribution in [0.2, 0.25) is 0 Å². The molecule has 0 bridgehead atoms. The second-order valence-corrected chi connectivity index (χ2v) is 8.45. The first-order chi connectivity index (χ1) is 13.7. The summed E-state index contributed by atoms with van der Waals surface area (Å²) < 4.78 is 7.60. The van der Waals surface area contributed by atoms with Gasteiger partial charge in [0.05, 0.1) is 5.54 Å².